The predicted octanol–water partition coefficient (Wildman–Crippen LogP) is 1.52. The molecule has 0 amide bonds. The maximum absolute atomic E-state index is 10.1. The van der Waals surface area contributed by atoms with Crippen LogP contribution in [0.25, 0.3) is 17.3 Å². The number of anilines is 2. The lowest BCUT2D eigenvalue weighted by Gasteiger charge is -2.23. The second-order valence-electron chi connectivity index (χ2n) is 6.22. The number of nitrogens with two attached hydrogens (primary N) is 1. The highest BCUT2D eigenvalue weighted by Gasteiger charge is 2.27. The Hall–Kier alpha value is -2.67. The van der Waals surface area contributed by atoms with Gasteiger partial charge >= 0.3 is 0 Å². The maximum Gasteiger partial charge on any atom is 0.219 e. The number of nitrogen functional groups attached to an aromatic ring is 1. The van der Waals surface area contributed by atoms with Crippen molar-refractivity contribution in [3.8, 4) is 11.3 Å². The molecule has 7 heteroatoms. The molecule has 2 aromatic rings. The molecular weight excluding hydrogens is 304 g/mol. The first kappa shape index (κ1) is 14.9. The minimum atomic E-state index is -0.321. The smallest absolute Gasteiger partial charge is 0.219 e. The standard InChI is InChI=1S/C17H20N6O/c18-17-20-7-11(8-21-17)14-6-10-4-5-19-9-12(10)16(23-14)22-13-2-1-3-15(13)24/h4-8,13,15,19,24H,1-3,9H2,(H,22,23)(H2,18,20,21)/t13-,15-/m1/s1. The van der Waals surface area contributed by atoms with Gasteiger partial charge in [0.2, 0.25) is 5.95 Å². The molecule has 0 spiro atoms. The lowest BCUT2D eigenvalue weighted by molar-refractivity contribution is 0.171. The van der Waals surface area contributed by atoms with Gasteiger partial charge in [0.15, 0.2) is 0 Å². The van der Waals surface area contributed by atoms with Crippen LogP contribution in [0.4, 0.5) is 11.8 Å². The number of hydrogen-bond donors (Lipinski definition) is 4. The van der Waals surface area contributed by atoms with E-state index in [0.29, 0.717) is 6.54 Å². The molecule has 0 unspecified atom stereocenters. The Morgan fingerprint density at radius 1 is 1.25 bits per heavy atom. The SMILES string of the molecule is Nc1ncc(-c2cc3c(c(N[C@@H]4CCC[C@H]4O)n2)CNC=C3)cn1. The molecule has 0 aromatic carbocycles. The second kappa shape index (κ2) is 6.09. The molecule has 24 heavy (non-hydrogen) atoms. The number of nitrogens with one attached hydrogen (secondary N) is 2. The van der Waals surface area contributed by atoms with Crippen molar-refractivity contribution in [3.05, 3.63) is 35.8 Å². The first-order valence-corrected chi connectivity index (χ1v) is 8.17. The molecule has 7 nitrogen and oxygen atoms in total. The number of aliphatic hydroxyl groups excluding tert-OH is 1. The van der Waals surface area contributed by atoms with E-state index >= 15 is 0 Å². The van der Waals surface area contributed by atoms with Gasteiger partial charge < -0.3 is 21.5 Å². The third-order valence-corrected chi connectivity index (χ3v) is 4.59. The van der Waals surface area contributed by atoms with Gasteiger partial charge in [-0.3, -0.25) is 0 Å². The number of fused-ring (bicyclic) bond motifs is 1. The normalized spacial score (nSPS) is 22.0. The molecule has 3 heterocycles. The number of pyridine rings is 1. The minimum absolute atomic E-state index is 0.0467. The van der Waals surface area contributed by atoms with Crippen molar-refractivity contribution in [1.29, 1.82) is 0 Å². The third kappa shape index (κ3) is 2.78. The number of rotatable bonds is 3. The number of aliphatic hydroxyl groups is 1. The van der Waals surface area contributed by atoms with Crippen molar-refractivity contribution in [2.75, 3.05) is 11.1 Å². The molecular formula is C17H20N6O. The Balaban J connectivity index is 1.75. The van der Waals surface area contributed by atoms with Crippen molar-refractivity contribution in [3.63, 3.8) is 0 Å². The Bertz CT molecular complexity index is 773. The summed E-state index contributed by atoms with van der Waals surface area (Å²) in [6.45, 7) is 0.711. The van der Waals surface area contributed by atoms with Crippen molar-refractivity contribution >= 4 is 17.8 Å². The molecule has 1 aliphatic heterocycles. The first-order valence-electron chi connectivity index (χ1n) is 8.17. The highest BCUT2D eigenvalue weighted by Crippen LogP contribution is 2.30. The van der Waals surface area contributed by atoms with Gasteiger partial charge in [-0.25, -0.2) is 15.0 Å². The Kier molecular flexibility index (Phi) is 3.78. The van der Waals surface area contributed by atoms with Crippen LogP contribution in [0.5, 0.6) is 0 Å². The van der Waals surface area contributed by atoms with Gasteiger partial charge in [0.05, 0.1) is 17.8 Å². The lowest BCUT2D eigenvalue weighted by atomic mass is 10.0. The summed E-state index contributed by atoms with van der Waals surface area (Å²) in [4.78, 5) is 12.9. The third-order valence-electron chi connectivity index (χ3n) is 4.59. The fourth-order valence-corrected chi connectivity index (χ4v) is 3.26. The molecule has 2 atom stereocenters. The average Bonchev–Trinajstić information content (AvgIpc) is 3.00. The summed E-state index contributed by atoms with van der Waals surface area (Å²) >= 11 is 0. The summed E-state index contributed by atoms with van der Waals surface area (Å²) in [7, 11) is 0. The van der Waals surface area contributed by atoms with Crippen LogP contribution in [-0.4, -0.2) is 32.2 Å². The van der Waals surface area contributed by atoms with Crippen LogP contribution in [0.2, 0.25) is 0 Å². The summed E-state index contributed by atoms with van der Waals surface area (Å²) in [5.74, 6) is 1.05. The molecule has 1 saturated carbocycles. The molecule has 2 aliphatic rings. The van der Waals surface area contributed by atoms with Crippen molar-refractivity contribution in [1.82, 2.24) is 20.3 Å². The highest BCUT2D eigenvalue weighted by molar-refractivity contribution is 5.71. The van der Waals surface area contributed by atoms with Gasteiger partial charge in [-0.1, -0.05) is 0 Å². The minimum Gasteiger partial charge on any atom is -0.391 e. The lowest BCUT2D eigenvalue weighted by Crippen LogP contribution is -2.29. The molecule has 0 radical (unpaired) electrons. The Morgan fingerprint density at radius 3 is 2.83 bits per heavy atom. The number of nitrogens with zero attached hydrogens (tertiary/aromatic N) is 3. The predicted molar refractivity (Wildman–Crippen MR) is 92.8 cm³/mol. The average molecular weight is 324 g/mol. The van der Waals surface area contributed by atoms with E-state index in [9.17, 15) is 5.11 Å². The summed E-state index contributed by atoms with van der Waals surface area (Å²) < 4.78 is 0. The Morgan fingerprint density at radius 2 is 2.08 bits per heavy atom. The molecule has 124 valence electrons. The monoisotopic (exact) mass is 324 g/mol. The van der Waals surface area contributed by atoms with Gasteiger partial charge in [-0.2, -0.15) is 0 Å². The molecule has 0 saturated heterocycles. The number of hydrogen-bond acceptors (Lipinski definition) is 7. The molecule has 1 aliphatic carbocycles. The van der Waals surface area contributed by atoms with Gasteiger partial charge in [0.1, 0.15) is 5.82 Å². The largest absolute Gasteiger partial charge is 0.391 e. The number of aromatic nitrogens is 3. The first-order chi connectivity index (χ1) is 11.7. The zero-order chi connectivity index (χ0) is 16.5. The van der Waals surface area contributed by atoms with Crippen molar-refractivity contribution in [2.24, 2.45) is 0 Å². The van der Waals surface area contributed by atoms with Crippen molar-refractivity contribution in [2.45, 2.75) is 38.0 Å². The summed E-state index contributed by atoms with van der Waals surface area (Å²) in [5, 5.41) is 16.8. The van der Waals surface area contributed by atoms with Crippen LogP contribution in [0.1, 0.15) is 30.4 Å². The van der Waals surface area contributed by atoms with E-state index in [2.05, 4.69) is 20.6 Å². The molecule has 1 fully saturated rings. The van der Waals surface area contributed by atoms with Crippen LogP contribution in [-0.2, 0) is 6.54 Å². The van der Waals surface area contributed by atoms with E-state index in [1.807, 2.05) is 18.3 Å². The summed E-state index contributed by atoms with van der Waals surface area (Å²) in [6.07, 6.45) is 9.81. The van der Waals surface area contributed by atoms with E-state index in [-0.39, 0.29) is 18.1 Å². The summed E-state index contributed by atoms with van der Waals surface area (Å²) in [6, 6.07) is 2.07. The van der Waals surface area contributed by atoms with Crippen LogP contribution < -0.4 is 16.4 Å². The molecule has 5 N–H and O–H groups in total. The van der Waals surface area contributed by atoms with Gasteiger partial charge in [0.25, 0.3) is 0 Å². The Labute approximate surface area is 140 Å². The van der Waals surface area contributed by atoms with Crippen LogP contribution >= 0.6 is 0 Å². The van der Waals surface area contributed by atoms with Gasteiger partial charge in [-0.05, 0) is 43.2 Å². The zero-order valence-electron chi connectivity index (χ0n) is 13.2. The summed E-state index contributed by atoms with van der Waals surface area (Å²) in [5.41, 5.74) is 9.38. The van der Waals surface area contributed by atoms with Gasteiger partial charge in [-0.15, -0.1) is 0 Å². The van der Waals surface area contributed by atoms with E-state index < -0.39 is 0 Å². The van der Waals surface area contributed by atoms with Crippen LogP contribution in [0, 0.1) is 0 Å². The van der Waals surface area contributed by atoms with E-state index in [1.54, 1.807) is 12.4 Å². The molecule has 0 bridgehead atoms. The zero-order valence-corrected chi connectivity index (χ0v) is 13.2. The van der Waals surface area contributed by atoms with E-state index in [0.717, 1.165) is 47.5 Å². The highest BCUT2D eigenvalue weighted by atomic mass is 16.3. The van der Waals surface area contributed by atoms with E-state index in [4.69, 9.17) is 10.7 Å². The maximum atomic E-state index is 10.1. The topological polar surface area (TPSA) is 109 Å². The van der Waals surface area contributed by atoms with Crippen LogP contribution in [0.3, 0.4) is 0 Å². The second-order valence-corrected chi connectivity index (χ2v) is 6.22. The molecule has 2 aromatic heterocycles. The fraction of sp³-hybridized carbons (Fsp3) is 0.353. The quantitative estimate of drug-likeness (QED) is 0.677. The van der Waals surface area contributed by atoms with Gasteiger partial charge in [0, 0.05) is 30.1 Å². The van der Waals surface area contributed by atoms with Crippen molar-refractivity contribution < 1.29 is 5.11 Å². The molecule has 4 rings (SSSR count). The van der Waals surface area contributed by atoms with Crippen LogP contribution in [0.15, 0.2) is 24.7 Å². The van der Waals surface area contributed by atoms with E-state index in [1.165, 1.54) is 0 Å². The fourth-order valence-electron chi connectivity index (χ4n) is 3.26.